The lowest BCUT2D eigenvalue weighted by molar-refractivity contribution is 0.596. The number of halogens is 1. The summed E-state index contributed by atoms with van der Waals surface area (Å²) in [6, 6.07) is 14.6. The quantitative estimate of drug-likeness (QED) is 0.865. The summed E-state index contributed by atoms with van der Waals surface area (Å²) in [7, 11) is -3.34. The molecule has 3 nitrogen and oxygen atoms in total. The van der Waals surface area contributed by atoms with Gasteiger partial charge in [0.2, 0.25) is 10.0 Å². The molecular weight excluding hydrogens is 294 g/mol. The number of rotatable bonds is 4. The van der Waals surface area contributed by atoms with Gasteiger partial charge >= 0.3 is 0 Å². The maximum absolute atomic E-state index is 12.0. The number of nitrogens with zero attached hydrogens (tertiary/aromatic N) is 1. The molecule has 0 aliphatic heterocycles. The molecular formula is C15H16ClNO2S. The molecule has 0 radical (unpaired) electrons. The van der Waals surface area contributed by atoms with Gasteiger partial charge < -0.3 is 0 Å². The largest absolute Gasteiger partial charge is 0.266 e. The van der Waals surface area contributed by atoms with Crippen molar-refractivity contribution in [2.45, 2.75) is 13.5 Å². The summed E-state index contributed by atoms with van der Waals surface area (Å²) < 4.78 is 25.4. The molecule has 0 fully saturated rings. The van der Waals surface area contributed by atoms with Crippen molar-refractivity contribution >= 4 is 27.3 Å². The maximum atomic E-state index is 12.0. The van der Waals surface area contributed by atoms with E-state index >= 15 is 0 Å². The van der Waals surface area contributed by atoms with Crippen molar-refractivity contribution in [2.75, 3.05) is 10.6 Å². The maximum Gasteiger partial charge on any atom is 0.232 e. The van der Waals surface area contributed by atoms with Gasteiger partial charge in [-0.25, -0.2) is 8.42 Å². The first kappa shape index (κ1) is 14.9. The van der Waals surface area contributed by atoms with Crippen LogP contribution in [0.1, 0.15) is 11.1 Å². The fraction of sp³-hybridized carbons (Fsp3) is 0.200. The number of benzene rings is 2. The molecule has 0 spiro atoms. The van der Waals surface area contributed by atoms with E-state index in [9.17, 15) is 8.42 Å². The molecule has 0 bridgehead atoms. The lowest BCUT2D eigenvalue weighted by Gasteiger charge is -2.22. The van der Waals surface area contributed by atoms with Crippen LogP contribution in [0.2, 0.25) is 5.02 Å². The van der Waals surface area contributed by atoms with Gasteiger partial charge in [0.1, 0.15) is 0 Å². The van der Waals surface area contributed by atoms with Gasteiger partial charge in [-0.1, -0.05) is 41.4 Å². The topological polar surface area (TPSA) is 37.4 Å². The molecule has 106 valence electrons. The van der Waals surface area contributed by atoms with Gasteiger partial charge in [-0.3, -0.25) is 4.31 Å². The van der Waals surface area contributed by atoms with E-state index in [0.29, 0.717) is 17.3 Å². The van der Waals surface area contributed by atoms with E-state index in [-0.39, 0.29) is 0 Å². The molecule has 20 heavy (non-hydrogen) atoms. The molecule has 0 saturated carbocycles. The summed E-state index contributed by atoms with van der Waals surface area (Å²) in [6.07, 6.45) is 1.21. The van der Waals surface area contributed by atoms with E-state index in [2.05, 4.69) is 0 Å². The molecule has 0 aliphatic carbocycles. The van der Waals surface area contributed by atoms with Crippen molar-refractivity contribution in [3.8, 4) is 0 Å². The molecule has 2 rings (SSSR count). The predicted molar refractivity (Wildman–Crippen MR) is 83.7 cm³/mol. The highest BCUT2D eigenvalue weighted by atomic mass is 35.5. The van der Waals surface area contributed by atoms with Crippen molar-refractivity contribution in [1.29, 1.82) is 0 Å². The minimum atomic E-state index is -3.34. The molecule has 0 aliphatic rings. The Morgan fingerprint density at radius 1 is 1.00 bits per heavy atom. The van der Waals surface area contributed by atoms with Gasteiger partial charge in [0, 0.05) is 5.02 Å². The molecule has 0 unspecified atom stereocenters. The summed E-state index contributed by atoms with van der Waals surface area (Å²) in [5.41, 5.74) is 2.64. The minimum Gasteiger partial charge on any atom is -0.266 e. The van der Waals surface area contributed by atoms with Crippen LogP contribution in [0.5, 0.6) is 0 Å². The highest BCUT2D eigenvalue weighted by molar-refractivity contribution is 7.92. The third-order valence-corrected chi connectivity index (χ3v) is 4.35. The second-order valence-corrected chi connectivity index (χ2v) is 7.07. The van der Waals surface area contributed by atoms with Crippen LogP contribution in [-0.4, -0.2) is 14.7 Å². The lowest BCUT2D eigenvalue weighted by atomic mass is 10.2. The molecule has 0 N–H and O–H groups in total. The molecule has 2 aromatic carbocycles. The Hall–Kier alpha value is -1.52. The lowest BCUT2D eigenvalue weighted by Crippen LogP contribution is -2.29. The molecule has 0 heterocycles. The summed E-state index contributed by atoms with van der Waals surface area (Å²) in [6.45, 7) is 2.26. The first-order valence-electron chi connectivity index (χ1n) is 6.15. The standard InChI is InChI=1S/C15H16ClNO2S/c1-12-3-9-15(10-4-12)17(20(2,18)19)11-13-5-7-14(16)8-6-13/h3-10H,11H2,1-2H3. The Bertz CT molecular complexity index is 679. The van der Waals surface area contributed by atoms with Crippen LogP contribution in [0.3, 0.4) is 0 Å². The smallest absolute Gasteiger partial charge is 0.232 e. The van der Waals surface area contributed by atoms with Crippen LogP contribution < -0.4 is 4.31 Å². The average Bonchev–Trinajstić information content (AvgIpc) is 2.38. The van der Waals surface area contributed by atoms with Gasteiger partial charge in [-0.15, -0.1) is 0 Å². The van der Waals surface area contributed by atoms with Crippen LogP contribution in [0.25, 0.3) is 0 Å². The number of sulfonamides is 1. The second kappa shape index (κ2) is 5.85. The zero-order valence-corrected chi connectivity index (χ0v) is 12.9. The van der Waals surface area contributed by atoms with E-state index < -0.39 is 10.0 Å². The number of hydrogen-bond acceptors (Lipinski definition) is 2. The van der Waals surface area contributed by atoms with Gasteiger partial charge in [-0.05, 0) is 36.8 Å². The van der Waals surface area contributed by atoms with E-state index in [1.807, 2.05) is 43.3 Å². The first-order chi connectivity index (χ1) is 9.36. The third kappa shape index (κ3) is 3.74. The molecule has 2 aromatic rings. The number of anilines is 1. The van der Waals surface area contributed by atoms with Crippen molar-refractivity contribution in [3.05, 3.63) is 64.7 Å². The van der Waals surface area contributed by atoms with Crippen molar-refractivity contribution < 1.29 is 8.42 Å². The van der Waals surface area contributed by atoms with E-state index in [1.165, 1.54) is 10.6 Å². The molecule has 0 saturated heterocycles. The Balaban J connectivity index is 2.34. The van der Waals surface area contributed by atoms with Crippen molar-refractivity contribution in [3.63, 3.8) is 0 Å². The summed E-state index contributed by atoms with van der Waals surface area (Å²) in [4.78, 5) is 0. The van der Waals surface area contributed by atoms with Crippen LogP contribution >= 0.6 is 11.6 Å². The SMILES string of the molecule is Cc1ccc(N(Cc2ccc(Cl)cc2)S(C)(=O)=O)cc1. The fourth-order valence-electron chi connectivity index (χ4n) is 1.87. The Morgan fingerprint density at radius 3 is 2.05 bits per heavy atom. The number of hydrogen-bond donors (Lipinski definition) is 0. The number of aryl methyl sites for hydroxylation is 1. The third-order valence-electron chi connectivity index (χ3n) is 2.96. The molecule has 0 atom stereocenters. The van der Waals surface area contributed by atoms with Gasteiger partial charge in [0.05, 0.1) is 18.5 Å². The zero-order valence-electron chi connectivity index (χ0n) is 11.4. The Labute approximate surface area is 124 Å². The zero-order chi connectivity index (χ0) is 14.8. The Morgan fingerprint density at radius 2 is 1.55 bits per heavy atom. The van der Waals surface area contributed by atoms with E-state index in [4.69, 9.17) is 11.6 Å². The highest BCUT2D eigenvalue weighted by Crippen LogP contribution is 2.21. The van der Waals surface area contributed by atoms with Crippen LogP contribution in [-0.2, 0) is 16.6 Å². The molecule has 0 amide bonds. The van der Waals surface area contributed by atoms with Crippen LogP contribution in [0.15, 0.2) is 48.5 Å². The second-order valence-electron chi connectivity index (χ2n) is 4.73. The van der Waals surface area contributed by atoms with E-state index in [0.717, 1.165) is 11.1 Å². The van der Waals surface area contributed by atoms with Gasteiger partial charge in [-0.2, -0.15) is 0 Å². The van der Waals surface area contributed by atoms with Crippen LogP contribution in [0.4, 0.5) is 5.69 Å². The van der Waals surface area contributed by atoms with Gasteiger partial charge in [0.15, 0.2) is 0 Å². The molecule has 5 heteroatoms. The van der Waals surface area contributed by atoms with Crippen LogP contribution in [0, 0.1) is 6.92 Å². The van der Waals surface area contributed by atoms with Gasteiger partial charge in [0.25, 0.3) is 0 Å². The summed E-state index contributed by atoms with van der Waals surface area (Å²) in [5.74, 6) is 0. The Kier molecular flexibility index (Phi) is 4.35. The normalized spacial score (nSPS) is 11.3. The van der Waals surface area contributed by atoms with Crippen molar-refractivity contribution in [2.24, 2.45) is 0 Å². The molecule has 0 aromatic heterocycles. The average molecular weight is 310 g/mol. The highest BCUT2D eigenvalue weighted by Gasteiger charge is 2.17. The minimum absolute atomic E-state index is 0.291. The predicted octanol–water partition coefficient (Wildman–Crippen LogP) is 3.61. The first-order valence-corrected chi connectivity index (χ1v) is 8.38. The van der Waals surface area contributed by atoms with Crippen molar-refractivity contribution in [1.82, 2.24) is 0 Å². The summed E-state index contributed by atoms with van der Waals surface area (Å²) in [5, 5.41) is 0.634. The monoisotopic (exact) mass is 309 g/mol. The van der Waals surface area contributed by atoms with E-state index in [1.54, 1.807) is 12.1 Å². The summed E-state index contributed by atoms with van der Waals surface area (Å²) >= 11 is 5.84. The fourth-order valence-corrected chi connectivity index (χ4v) is 2.88.